The third-order valence-electron chi connectivity index (χ3n) is 7.05. The van der Waals surface area contributed by atoms with Crippen LogP contribution in [0.15, 0.2) is 0 Å². The Morgan fingerprint density at radius 2 is 0.639 bits per heavy atom. The molecule has 0 heterocycles. The van der Waals surface area contributed by atoms with Gasteiger partial charge in [-0.3, -0.25) is 0 Å². The molecule has 0 aliphatic rings. The van der Waals surface area contributed by atoms with E-state index in [0.717, 1.165) is 96.9 Å². The smallest absolute Gasteiger partial charge is 0.0722 e. The summed E-state index contributed by atoms with van der Waals surface area (Å²) in [4.78, 5) is 0. The second kappa shape index (κ2) is 22.0. The van der Waals surface area contributed by atoms with Gasteiger partial charge in [0.2, 0.25) is 0 Å². The summed E-state index contributed by atoms with van der Waals surface area (Å²) in [6, 6.07) is 0. The summed E-state index contributed by atoms with van der Waals surface area (Å²) in [5.74, 6) is 0. The van der Waals surface area contributed by atoms with E-state index in [1.54, 1.807) is 0 Å². The summed E-state index contributed by atoms with van der Waals surface area (Å²) < 4.78 is 18.3. The first-order valence-electron chi connectivity index (χ1n) is 14.2. The Bertz CT molecular complexity index is 564. The van der Waals surface area contributed by atoms with Crippen molar-refractivity contribution in [1.82, 2.24) is 0 Å². The molecule has 0 spiro atoms. The van der Waals surface area contributed by atoms with Crippen molar-refractivity contribution in [2.45, 2.75) is 118 Å². The molecule has 1 rings (SSSR count). The largest absolute Gasteiger partial charge is 0.396 e. The Morgan fingerprint density at radius 1 is 0.389 bits per heavy atom. The zero-order chi connectivity index (χ0) is 26.4. The number of benzene rings is 1. The minimum atomic E-state index is 0.267. The Kier molecular flexibility index (Phi) is 20.2. The molecule has 0 atom stereocenters. The number of aliphatic hydroxyl groups excluding tert-OH is 3. The van der Waals surface area contributed by atoms with Gasteiger partial charge in [0.1, 0.15) is 0 Å². The van der Waals surface area contributed by atoms with E-state index in [9.17, 15) is 0 Å². The highest BCUT2D eigenvalue weighted by Crippen LogP contribution is 2.29. The molecule has 0 amide bonds. The second-order valence-corrected chi connectivity index (χ2v) is 9.88. The minimum absolute atomic E-state index is 0.267. The molecule has 0 aliphatic carbocycles. The summed E-state index contributed by atoms with van der Waals surface area (Å²) in [5.41, 5.74) is 7.53. The number of ether oxygens (including phenoxy) is 3. The van der Waals surface area contributed by atoms with Crippen molar-refractivity contribution in [2.24, 2.45) is 0 Å². The quantitative estimate of drug-likeness (QED) is 0.152. The van der Waals surface area contributed by atoms with E-state index in [4.69, 9.17) is 29.5 Å². The highest BCUT2D eigenvalue weighted by atomic mass is 16.5. The van der Waals surface area contributed by atoms with Crippen molar-refractivity contribution in [3.05, 3.63) is 33.4 Å². The first-order valence-corrected chi connectivity index (χ1v) is 14.2. The molecule has 1 aromatic carbocycles. The van der Waals surface area contributed by atoms with Crippen LogP contribution < -0.4 is 0 Å². The predicted molar refractivity (Wildman–Crippen MR) is 146 cm³/mol. The molecular weight excluding hydrogens is 456 g/mol. The average Bonchev–Trinajstić information content (AvgIpc) is 2.87. The fraction of sp³-hybridized carbons (Fsp3) is 0.800. The van der Waals surface area contributed by atoms with Crippen LogP contribution in [-0.2, 0) is 34.0 Å². The van der Waals surface area contributed by atoms with Gasteiger partial charge < -0.3 is 29.5 Å². The second-order valence-electron chi connectivity index (χ2n) is 9.88. The summed E-state index contributed by atoms with van der Waals surface area (Å²) >= 11 is 0. The van der Waals surface area contributed by atoms with Crippen molar-refractivity contribution in [3.8, 4) is 0 Å². The van der Waals surface area contributed by atoms with Gasteiger partial charge in [-0.2, -0.15) is 0 Å². The maximum atomic E-state index is 8.93. The van der Waals surface area contributed by atoms with E-state index >= 15 is 0 Å². The topological polar surface area (TPSA) is 88.4 Å². The number of hydrogen-bond acceptors (Lipinski definition) is 6. The van der Waals surface area contributed by atoms with Crippen LogP contribution in [0.2, 0.25) is 0 Å². The third kappa shape index (κ3) is 13.5. The third-order valence-corrected chi connectivity index (χ3v) is 7.05. The van der Waals surface area contributed by atoms with Crippen molar-refractivity contribution in [3.63, 3.8) is 0 Å². The van der Waals surface area contributed by atoms with Crippen LogP contribution >= 0.6 is 0 Å². The van der Waals surface area contributed by atoms with Crippen molar-refractivity contribution < 1.29 is 29.5 Å². The van der Waals surface area contributed by atoms with Crippen LogP contribution in [0.3, 0.4) is 0 Å². The molecule has 0 aromatic heterocycles. The molecule has 0 saturated heterocycles. The van der Waals surface area contributed by atoms with E-state index in [1.165, 1.54) is 33.4 Å². The molecule has 0 unspecified atom stereocenters. The van der Waals surface area contributed by atoms with Gasteiger partial charge in [0.25, 0.3) is 0 Å². The van der Waals surface area contributed by atoms with E-state index < -0.39 is 0 Å². The Labute approximate surface area is 220 Å². The van der Waals surface area contributed by atoms with Gasteiger partial charge >= 0.3 is 0 Å². The average molecular weight is 511 g/mol. The van der Waals surface area contributed by atoms with Gasteiger partial charge in [0.15, 0.2) is 0 Å². The molecular formula is C30H54O6. The van der Waals surface area contributed by atoms with Crippen LogP contribution in [-0.4, -0.2) is 55.0 Å². The highest BCUT2D eigenvalue weighted by Gasteiger charge is 2.17. The summed E-state index contributed by atoms with van der Waals surface area (Å²) in [6.07, 6.45) is 12.0. The fourth-order valence-corrected chi connectivity index (χ4v) is 4.57. The predicted octanol–water partition coefficient (Wildman–Crippen LogP) is 5.82. The maximum absolute atomic E-state index is 8.93. The lowest BCUT2D eigenvalue weighted by molar-refractivity contribution is 0.107. The molecule has 0 bridgehead atoms. The maximum Gasteiger partial charge on any atom is 0.0722 e. The summed E-state index contributed by atoms with van der Waals surface area (Å²) in [6.45, 7) is 11.4. The Morgan fingerprint density at radius 3 is 0.889 bits per heavy atom. The van der Waals surface area contributed by atoms with Crippen LogP contribution in [0, 0.1) is 20.8 Å². The number of rotatable bonds is 24. The first kappa shape index (κ1) is 33.0. The lowest BCUT2D eigenvalue weighted by atomic mass is 9.89. The van der Waals surface area contributed by atoms with Gasteiger partial charge in [0.05, 0.1) is 19.8 Å². The van der Waals surface area contributed by atoms with Gasteiger partial charge in [-0.05, 0) is 92.7 Å². The van der Waals surface area contributed by atoms with E-state index in [1.807, 2.05) is 0 Å². The fourth-order valence-electron chi connectivity index (χ4n) is 4.57. The summed E-state index contributed by atoms with van der Waals surface area (Å²) in [5, 5.41) is 26.8. The van der Waals surface area contributed by atoms with Crippen LogP contribution in [0.5, 0.6) is 0 Å². The monoisotopic (exact) mass is 510 g/mol. The Balaban J connectivity index is 2.78. The van der Waals surface area contributed by atoms with Crippen molar-refractivity contribution in [1.29, 1.82) is 0 Å². The molecule has 6 heteroatoms. The minimum Gasteiger partial charge on any atom is -0.396 e. The van der Waals surface area contributed by atoms with Crippen LogP contribution in [0.1, 0.15) is 110 Å². The van der Waals surface area contributed by atoms with E-state index in [0.29, 0.717) is 19.8 Å². The molecule has 0 aliphatic heterocycles. The van der Waals surface area contributed by atoms with Crippen molar-refractivity contribution >= 4 is 0 Å². The molecule has 0 radical (unpaired) electrons. The molecule has 1 aromatic rings. The Hall–Kier alpha value is -1.02. The number of unbranched alkanes of at least 4 members (excludes halogenated alkanes) is 9. The zero-order valence-electron chi connectivity index (χ0n) is 23.4. The highest BCUT2D eigenvalue weighted by molar-refractivity contribution is 5.50. The number of aliphatic hydroxyl groups is 3. The molecule has 36 heavy (non-hydrogen) atoms. The first-order chi connectivity index (χ1) is 17.6. The van der Waals surface area contributed by atoms with Gasteiger partial charge in [-0.25, -0.2) is 0 Å². The molecule has 210 valence electrons. The SMILES string of the molecule is Cc1c(COCCCCCCO)c(C)c(COCCCCCCO)c(C)c1COCCCCCCO. The van der Waals surface area contributed by atoms with Crippen LogP contribution in [0.4, 0.5) is 0 Å². The molecule has 0 saturated carbocycles. The molecule has 6 nitrogen and oxygen atoms in total. The van der Waals surface area contributed by atoms with Gasteiger partial charge in [0, 0.05) is 39.6 Å². The standard InChI is InChI=1S/C30H54O6/c1-25-28(22-34-19-13-7-4-10-16-31)26(2)30(24-36-21-15-9-6-12-18-33)27(3)29(25)23-35-20-14-8-5-11-17-32/h31-33H,4-24H2,1-3H3. The normalized spacial score (nSPS) is 11.5. The van der Waals surface area contributed by atoms with Gasteiger partial charge in [-0.1, -0.05) is 38.5 Å². The van der Waals surface area contributed by atoms with E-state index in [-0.39, 0.29) is 19.8 Å². The lowest BCUT2D eigenvalue weighted by Gasteiger charge is -2.23. The van der Waals surface area contributed by atoms with Gasteiger partial charge in [-0.15, -0.1) is 0 Å². The number of hydrogen-bond donors (Lipinski definition) is 3. The molecule has 0 fully saturated rings. The van der Waals surface area contributed by atoms with Crippen LogP contribution in [0.25, 0.3) is 0 Å². The lowest BCUT2D eigenvalue weighted by Crippen LogP contribution is -2.12. The summed E-state index contributed by atoms with van der Waals surface area (Å²) in [7, 11) is 0. The zero-order valence-corrected chi connectivity index (χ0v) is 23.4. The molecule has 3 N–H and O–H groups in total. The van der Waals surface area contributed by atoms with E-state index in [2.05, 4.69) is 20.8 Å². The van der Waals surface area contributed by atoms with Crippen molar-refractivity contribution in [2.75, 3.05) is 39.6 Å².